The summed E-state index contributed by atoms with van der Waals surface area (Å²) in [4.78, 5) is 23.7. The molecular weight excluding hydrogens is 506 g/mol. The summed E-state index contributed by atoms with van der Waals surface area (Å²) < 4.78 is 82.1. The lowest BCUT2D eigenvalue weighted by molar-refractivity contribution is -0.274. The molecule has 194 valence electrons. The average Bonchev–Trinajstić information content (AvgIpc) is 3.56. The zero-order chi connectivity index (χ0) is 26.6. The molecule has 1 fully saturated rings. The molecule has 37 heavy (non-hydrogen) atoms. The molecule has 1 atom stereocenters. The zero-order valence-corrected chi connectivity index (χ0v) is 19.1. The number of rotatable bonds is 4. The van der Waals surface area contributed by atoms with Gasteiger partial charge in [0.2, 0.25) is 0 Å². The first-order valence-electron chi connectivity index (χ1n) is 11.0. The monoisotopic (exact) mass is 524 g/mol. The second-order valence-corrected chi connectivity index (χ2v) is 8.69. The summed E-state index contributed by atoms with van der Waals surface area (Å²) >= 11 is 0. The van der Waals surface area contributed by atoms with Gasteiger partial charge in [0.1, 0.15) is 11.6 Å². The predicted molar refractivity (Wildman–Crippen MR) is 117 cm³/mol. The van der Waals surface area contributed by atoms with Gasteiger partial charge in [0.25, 0.3) is 5.91 Å². The SMILES string of the molecule is CC1(c2nc3ccc(C(F)(F)F)cc3[nH]2)CCCN1C(=O)c1cc(OC(F)(F)F)ccc1-n1nccn1. The van der Waals surface area contributed by atoms with Crippen molar-refractivity contribution >= 4 is 16.9 Å². The number of halogens is 6. The number of hydrogen-bond donors (Lipinski definition) is 1. The van der Waals surface area contributed by atoms with Gasteiger partial charge in [-0.15, -0.1) is 13.2 Å². The Bertz CT molecular complexity index is 1460. The van der Waals surface area contributed by atoms with E-state index in [2.05, 4.69) is 24.9 Å². The number of likely N-dealkylation sites (tertiary alicyclic amines) is 1. The highest BCUT2D eigenvalue weighted by Crippen LogP contribution is 2.40. The van der Waals surface area contributed by atoms with Crippen molar-refractivity contribution in [2.45, 2.75) is 37.8 Å². The minimum absolute atomic E-state index is 0.123. The van der Waals surface area contributed by atoms with Crippen LogP contribution >= 0.6 is 0 Å². The van der Waals surface area contributed by atoms with Crippen molar-refractivity contribution in [3.63, 3.8) is 0 Å². The molecule has 0 saturated carbocycles. The molecule has 1 amide bonds. The number of benzene rings is 2. The van der Waals surface area contributed by atoms with E-state index in [1.807, 2.05) is 0 Å². The maximum atomic E-state index is 13.8. The molecule has 1 unspecified atom stereocenters. The Morgan fingerprint density at radius 2 is 1.78 bits per heavy atom. The van der Waals surface area contributed by atoms with Gasteiger partial charge in [0.15, 0.2) is 0 Å². The number of nitrogens with one attached hydrogen (secondary N) is 1. The van der Waals surface area contributed by atoms with Gasteiger partial charge in [0.05, 0.1) is 45.8 Å². The molecule has 4 aromatic rings. The summed E-state index contributed by atoms with van der Waals surface area (Å²) in [5.41, 5.74) is -1.53. The molecule has 2 aromatic carbocycles. The minimum atomic E-state index is -4.97. The number of imidazole rings is 1. The largest absolute Gasteiger partial charge is 0.573 e. The van der Waals surface area contributed by atoms with Crippen LogP contribution in [0.15, 0.2) is 48.8 Å². The molecular formula is C23H18F6N6O2. The number of nitrogens with zero attached hydrogens (tertiary/aromatic N) is 5. The Balaban J connectivity index is 1.56. The van der Waals surface area contributed by atoms with Crippen LogP contribution in [0.5, 0.6) is 5.75 Å². The maximum absolute atomic E-state index is 13.8. The highest BCUT2D eigenvalue weighted by atomic mass is 19.4. The van der Waals surface area contributed by atoms with E-state index < -0.39 is 35.3 Å². The molecule has 1 N–H and O–H groups in total. The number of aromatic nitrogens is 5. The summed E-state index contributed by atoms with van der Waals surface area (Å²) in [6.07, 6.45) is -5.88. The number of alkyl halides is 6. The van der Waals surface area contributed by atoms with Crippen LogP contribution in [0.3, 0.4) is 0 Å². The molecule has 0 spiro atoms. The minimum Gasteiger partial charge on any atom is -0.406 e. The second-order valence-electron chi connectivity index (χ2n) is 8.69. The quantitative estimate of drug-likeness (QED) is 0.370. The van der Waals surface area contributed by atoms with Crippen LogP contribution < -0.4 is 4.74 Å². The molecule has 3 heterocycles. The molecule has 0 bridgehead atoms. The molecule has 0 radical (unpaired) electrons. The number of carbonyl (C=O) groups excluding carboxylic acids is 1. The van der Waals surface area contributed by atoms with Gasteiger partial charge < -0.3 is 14.6 Å². The first-order chi connectivity index (χ1) is 17.3. The highest BCUT2D eigenvalue weighted by Gasteiger charge is 2.45. The Labute approximate surface area is 204 Å². The number of carbonyl (C=O) groups is 1. The summed E-state index contributed by atoms with van der Waals surface area (Å²) in [6.45, 7) is 1.93. The van der Waals surface area contributed by atoms with Crippen LogP contribution in [0.4, 0.5) is 26.3 Å². The van der Waals surface area contributed by atoms with Crippen molar-refractivity contribution in [2.75, 3.05) is 6.54 Å². The first kappa shape index (κ1) is 24.6. The van der Waals surface area contributed by atoms with Crippen molar-refractivity contribution < 1.29 is 35.9 Å². The smallest absolute Gasteiger partial charge is 0.406 e. The van der Waals surface area contributed by atoms with Crippen LogP contribution in [0.2, 0.25) is 0 Å². The van der Waals surface area contributed by atoms with Crippen molar-refractivity contribution in [1.82, 2.24) is 29.9 Å². The lowest BCUT2D eigenvalue weighted by atomic mass is 9.97. The molecule has 2 aromatic heterocycles. The van der Waals surface area contributed by atoms with E-state index in [9.17, 15) is 31.1 Å². The molecule has 8 nitrogen and oxygen atoms in total. The third-order valence-electron chi connectivity index (χ3n) is 6.27. The Morgan fingerprint density at radius 3 is 2.46 bits per heavy atom. The molecule has 14 heteroatoms. The average molecular weight is 524 g/mol. The normalized spacial score (nSPS) is 18.5. The summed E-state index contributed by atoms with van der Waals surface area (Å²) in [6, 6.07) is 6.34. The zero-order valence-electron chi connectivity index (χ0n) is 19.1. The lowest BCUT2D eigenvalue weighted by Gasteiger charge is -2.34. The van der Waals surface area contributed by atoms with Crippen LogP contribution in [0.1, 0.15) is 41.5 Å². The number of amides is 1. The van der Waals surface area contributed by atoms with Gasteiger partial charge in [-0.3, -0.25) is 4.79 Å². The van der Waals surface area contributed by atoms with Gasteiger partial charge in [-0.05, 0) is 56.2 Å². The fourth-order valence-corrected chi connectivity index (χ4v) is 4.52. The van der Waals surface area contributed by atoms with Gasteiger partial charge in [-0.1, -0.05) is 0 Å². The fraction of sp³-hybridized carbons (Fsp3) is 0.304. The Kier molecular flexibility index (Phi) is 5.64. The summed E-state index contributed by atoms with van der Waals surface area (Å²) in [5, 5.41) is 7.95. The van der Waals surface area contributed by atoms with Crippen molar-refractivity contribution in [3.05, 3.63) is 65.7 Å². The number of H-pyrrole nitrogens is 1. The van der Waals surface area contributed by atoms with Gasteiger partial charge in [0, 0.05) is 6.54 Å². The standard InChI is InChI=1S/C23H18F6N6O2/c1-21(20-32-16-5-3-13(22(24,25)26)11-17(16)33-20)7-2-10-34(21)19(36)15-12-14(37-23(27,28)29)4-6-18(15)35-30-8-9-31-35/h3-6,8-9,11-12H,2,7,10H2,1H3,(H,32,33). The van der Waals surface area contributed by atoms with Gasteiger partial charge in [-0.25, -0.2) is 4.98 Å². The number of ether oxygens (including phenoxy) is 1. The maximum Gasteiger partial charge on any atom is 0.573 e. The first-order valence-corrected chi connectivity index (χ1v) is 11.0. The van der Waals surface area contributed by atoms with Crippen molar-refractivity contribution in [2.24, 2.45) is 0 Å². The number of aromatic amines is 1. The summed E-state index contributed by atoms with van der Waals surface area (Å²) in [7, 11) is 0. The van der Waals surface area contributed by atoms with Gasteiger partial charge >= 0.3 is 12.5 Å². The molecule has 1 aliphatic rings. The van der Waals surface area contributed by atoms with E-state index in [1.54, 1.807) is 6.92 Å². The number of fused-ring (bicyclic) bond motifs is 1. The van der Waals surface area contributed by atoms with E-state index in [1.165, 1.54) is 29.4 Å². The van der Waals surface area contributed by atoms with E-state index >= 15 is 0 Å². The van der Waals surface area contributed by atoms with E-state index in [4.69, 9.17) is 0 Å². The van der Waals surface area contributed by atoms with Gasteiger partial charge in [-0.2, -0.15) is 28.2 Å². The Hall–Kier alpha value is -4.10. The molecule has 5 rings (SSSR count). The number of hydrogen-bond acceptors (Lipinski definition) is 5. The fourth-order valence-electron chi connectivity index (χ4n) is 4.52. The third kappa shape index (κ3) is 4.58. The van der Waals surface area contributed by atoms with E-state index in [0.717, 1.165) is 29.1 Å². The van der Waals surface area contributed by atoms with Crippen molar-refractivity contribution in [3.8, 4) is 11.4 Å². The topological polar surface area (TPSA) is 88.9 Å². The highest BCUT2D eigenvalue weighted by molar-refractivity contribution is 5.99. The second kappa shape index (κ2) is 8.49. The molecule has 0 aliphatic carbocycles. The predicted octanol–water partition coefficient (Wildman–Crippen LogP) is 5.21. The van der Waals surface area contributed by atoms with E-state index in [-0.39, 0.29) is 34.7 Å². The summed E-state index contributed by atoms with van der Waals surface area (Å²) in [5.74, 6) is -0.985. The van der Waals surface area contributed by atoms with Crippen molar-refractivity contribution in [1.29, 1.82) is 0 Å². The third-order valence-corrected chi connectivity index (χ3v) is 6.27. The lowest BCUT2D eigenvalue weighted by Crippen LogP contribution is -2.44. The van der Waals surface area contributed by atoms with E-state index in [0.29, 0.717) is 12.8 Å². The Morgan fingerprint density at radius 1 is 1.05 bits per heavy atom. The van der Waals surface area contributed by atoms with Crippen LogP contribution in [0, 0.1) is 0 Å². The van der Waals surface area contributed by atoms with Crippen LogP contribution in [0.25, 0.3) is 16.7 Å². The molecule has 1 aliphatic heterocycles. The molecule has 1 saturated heterocycles. The van der Waals surface area contributed by atoms with Crippen LogP contribution in [-0.4, -0.2) is 48.7 Å². The van der Waals surface area contributed by atoms with Crippen LogP contribution in [-0.2, 0) is 11.7 Å².